The van der Waals surface area contributed by atoms with E-state index in [1.54, 1.807) is 13.8 Å². The summed E-state index contributed by atoms with van der Waals surface area (Å²) in [7, 11) is 1.29. The minimum atomic E-state index is -1.07. The smallest absolute Gasteiger partial charge is 0.326 e. The van der Waals surface area contributed by atoms with Gasteiger partial charge in [-0.2, -0.15) is 0 Å². The molecule has 0 amide bonds. The third-order valence-corrected chi connectivity index (χ3v) is 1.64. The molecular weight excluding hydrogens is 194 g/mol. The molecule has 0 aliphatic rings. The Labute approximate surface area is 89.9 Å². The van der Waals surface area contributed by atoms with E-state index in [9.17, 15) is 4.79 Å². The summed E-state index contributed by atoms with van der Waals surface area (Å²) in [5.41, 5.74) is 9.92. The summed E-state index contributed by atoms with van der Waals surface area (Å²) in [6.07, 6.45) is 0.235. The SMILES string of the molecule is COC(=O)C(C)(N)CC#CCN=C(C)N. The standard InChI is InChI=1S/C10H17N3O2/c1-8(11)13-7-5-4-6-10(2,12)9(14)15-3/h6-7,12H2,1-3H3,(H2,11,13). The van der Waals surface area contributed by atoms with Crippen LogP contribution in [0, 0.1) is 11.8 Å². The number of nitrogens with two attached hydrogens (primary N) is 2. The molecule has 0 aromatic rings. The van der Waals surface area contributed by atoms with Gasteiger partial charge in [-0.05, 0) is 13.8 Å². The molecule has 0 saturated heterocycles. The van der Waals surface area contributed by atoms with Gasteiger partial charge in [-0.1, -0.05) is 11.8 Å². The van der Waals surface area contributed by atoms with Crippen LogP contribution >= 0.6 is 0 Å². The van der Waals surface area contributed by atoms with E-state index < -0.39 is 11.5 Å². The van der Waals surface area contributed by atoms with Crippen molar-refractivity contribution in [3.8, 4) is 11.8 Å². The summed E-state index contributed by atoms with van der Waals surface area (Å²) in [5.74, 6) is 5.51. The highest BCUT2D eigenvalue weighted by Crippen LogP contribution is 2.05. The first-order valence-corrected chi connectivity index (χ1v) is 4.49. The second kappa shape index (κ2) is 6.04. The highest BCUT2D eigenvalue weighted by atomic mass is 16.5. The van der Waals surface area contributed by atoms with Crippen molar-refractivity contribution < 1.29 is 9.53 Å². The molecule has 5 nitrogen and oxygen atoms in total. The first-order chi connectivity index (χ1) is 6.90. The fourth-order valence-corrected chi connectivity index (χ4v) is 0.772. The van der Waals surface area contributed by atoms with Gasteiger partial charge in [0.15, 0.2) is 0 Å². The number of nitrogens with zero attached hydrogens (tertiary/aromatic N) is 1. The van der Waals surface area contributed by atoms with Crippen molar-refractivity contribution in [2.24, 2.45) is 16.5 Å². The minimum Gasteiger partial charge on any atom is -0.468 e. The molecule has 4 N–H and O–H groups in total. The summed E-state index contributed by atoms with van der Waals surface area (Å²) >= 11 is 0. The molecule has 0 aromatic heterocycles. The fraction of sp³-hybridized carbons (Fsp3) is 0.600. The Bertz CT molecular complexity index is 306. The molecule has 1 unspecified atom stereocenters. The number of esters is 1. The van der Waals surface area contributed by atoms with Gasteiger partial charge in [-0.3, -0.25) is 9.79 Å². The molecule has 0 aliphatic heterocycles. The van der Waals surface area contributed by atoms with Gasteiger partial charge in [0.2, 0.25) is 0 Å². The van der Waals surface area contributed by atoms with Crippen LogP contribution in [-0.4, -0.2) is 31.0 Å². The Hall–Kier alpha value is -1.54. The van der Waals surface area contributed by atoms with Gasteiger partial charge in [0.1, 0.15) is 12.1 Å². The van der Waals surface area contributed by atoms with Crippen LogP contribution in [0.4, 0.5) is 0 Å². The summed E-state index contributed by atoms with van der Waals surface area (Å²) in [6.45, 7) is 3.58. The lowest BCUT2D eigenvalue weighted by atomic mass is 10.0. The lowest BCUT2D eigenvalue weighted by Gasteiger charge is -2.17. The van der Waals surface area contributed by atoms with Crippen molar-refractivity contribution in [3.63, 3.8) is 0 Å². The van der Waals surface area contributed by atoms with Crippen molar-refractivity contribution >= 4 is 11.8 Å². The molecule has 84 valence electrons. The van der Waals surface area contributed by atoms with Gasteiger partial charge in [0.05, 0.1) is 12.9 Å². The number of hydrogen-bond donors (Lipinski definition) is 2. The fourth-order valence-electron chi connectivity index (χ4n) is 0.772. The number of carbonyl (C=O) groups excluding carboxylic acids is 1. The zero-order valence-corrected chi connectivity index (χ0v) is 9.33. The Kier molecular flexibility index (Phi) is 5.42. The molecule has 0 rings (SSSR count). The molecule has 0 bridgehead atoms. The summed E-state index contributed by atoms with van der Waals surface area (Å²) in [5, 5.41) is 0. The number of ether oxygens (including phenoxy) is 1. The monoisotopic (exact) mass is 211 g/mol. The van der Waals surface area contributed by atoms with E-state index >= 15 is 0 Å². The van der Waals surface area contributed by atoms with Crippen molar-refractivity contribution in [2.45, 2.75) is 25.8 Å². The average molecular weight is 211 g/mol. The molecule has 5 heteroatoms. The number of hydrogen-bond acceptors (Lipinski definition) is 4. The molecule has 0 saturated carbocycles. The van der Waals surface area contributed by atoms with Crippen LogP contribution in [0.25, 0.3) is 0 Å². The van der Waals surface area contributed by atoms with Gasteiger partial charge < -0.3 is 16.2 Å². The molecular formula is C10H17N3O2. The third kappa shape index (κ3) is 5.70. The van der Waals surface area contributed by atoms with Crippen LogP contribution in [0.1, 0.15) is 20.3 Å². The van der Waals surface area contributed by atoms with Gasteiger partial charge >= 0.3 is 5.97 Å². The van der Waals surface area contributed by atoms with Gasteiger partial charge in [0.25, 0.3) is 0 Å². The zero-order chi connectivity index (χ0) is 11.9. The summed E-state index contributed by atoms with van der Waals surface area (Å²) in [6, 6.07) is 0. The largest absolute Gasteiger partial charge is 0.468 e. The molecule has 1 atom stereocenters. The van der Waals surface area contributed by atoms with Gasteiger partial charge in [-0.25, -0.2) is 0 Å². The summed E-state index contributed by atoms with van der Waals surface area (Å²) < 4.78 is 4.53. The number of aliphatic imine (C=N–C) groups is 1. The Balaban J connectivity index is 4.14. The van der Waals surface area contributed by atoms with Crippen molar-refractivity contribution in [3.05, 3.63) is 0 Å². The second-order valence-electron chi connectivity index (χ2n) is 3.40. The summed E-state index contributed by atoms with van der Waals surface area (Å²) in [4.78, 5) is 15.0. The van der Waals surface area contributed by atoms with Gasteiger partial charge in [-0.15, -0.1) is 0 Å². The van der Waals surface area contributed by atoms with Crippen LogP contribution in [-0.2, 0) is 9.53 Å². The highest BCUT2D eigenvalue weighted by molar-refractivity contribution is 5.80. The Morgan fingerprint density at radius 3 is 2.60 bits per heavy atom. The maximum atomic E-state index is 11.1. The third-order valence-electron chi connectivity index (χ3n) is 1.64. The number of carbonyl (C=O) groups is 1. The number of methoxy groups -OCH3 is 1. The van der Waals surface area contributed by atoms with Crippen molar-refractivity contribution in [1.29, 1.82) is 0 Å². The molecule has 0 heterocycles. The van der Waals surface area contributed by atoms with Crippen molar-refractivity contribution in [1.82, 2.24) is 0 Å². The van der Waals surface area contributed by atoms with E-state index in [4.69, 9.17) is 11.5 Å². The molecule has 0 fully saturated rings. The predicted molar refractivity (Wildman–Crippen MR) is 59.2 cm³/mol. The molecule has 0 radical (unpaired) electrons. The van der Waals surface area contributed by atoms with Crippen LogP contribution in [0.2, 0.25) is 0 Å². The average Bonchev–Trinajstić information content (AvgIpc) is 2.15. The lowest BCUT2D eigenvalue weighted by Crippen LogP contribution is -2.45. The topological polar surface area (TPSA) is 90.7 Å². The van der Waals surface area contributed by atoms with Gasteiger partial charge in [0, 0.05) is 6.42 Å². The lowest BCUT2D eigenvalue weighted by molar-refractivity contribution is -0.146. The molecule has 0 aliphatic carbocycles. The van der Waals surface area contributed by atoms with Crippen LogP contribution in [0.3, 0.4) is 0 Å². The van der Waals surface area contributed by atoms with E-state index in [2.05, 4.69) is 21.6 Å². The number of rotatable bonds is 3. The molecule has 0 aromatic carbocycles. The van der Waals surface area contributed by atoms with E-state index in [0.717, 1.165) is 0 Å². The predicted octanol–water partition coefficient (Wildman–Crippen LogP) is -0.353. The van der Waals surface area contributed by atoms with Crippen LogP contribution in [0.5, 0.6) is 0 Å². The maximum absolute atomic E-state index is 11.1. The highest BCUT2D eigenvalue weighted by Gasteiger charge is 2.27. The van der Waals surface area contributed by atoms with Crippen LogP contribution in [0.15, 0.2) is 4.99 Å². The van der Waals surface area contributed by atoms with Crippen molar-refractivity contribution in [2.75, 3.05) is 13.7 Å². The normalized spacial score (nSPS) is 14.8. The van der Waals surface area contributed by atoms with E-state index in [0.29, 0.717) is 12.4 Å². The quantitative estimate of drug-likeness (QED) is 0.289. The first-order valence-electron chi connectivity index (χ1n) is 4.49. The Morgan fingerprint density at radius 1 is 1.53 bits per heavy atom. The van der Waals surface area contributed by atoms with E-state index in [1.807, 2.05) is 0 Å². The number of amidine groups is 1. The maximum Gasteiger partial charge on any atom is 0.326 e. The van der Waals surface area contributed by atoms with E-state index in [-0.39, 0.29) is 6.42 Å². The second-order valence-corrected chi connectivity index (χ2v) is 3.40. The van der Waals surface area contributed by atoms with Crippen LogP contribution < -0.4 is 11.5 Å². The Morgan fingerprint density at radius 2 is 2.13 bits per heavy atom. The molecule has 0 spiro atoms. The molecule has 15 heavy (non-hydrogen) atoms. The first kappa shape index (κ1) is 13.5. The van der Waals surface area contributed by atoms with E-state index in [1.165, 1.54) is 7.11 Å². The minimum absolute atomic E-state index is 0.235. The zero-order valence-electron chi connectivity index (χ0n) is 9.33.